The maximum Gasteiger partial charge on any atom is 0.332 e. The molecule has 2 heterocycles. The standard InChI is InChI=1S/C13H16N2O8/c1-22-8(17)2-3-15-4-6(12(20)14-13(15)21)11-10(19)9(18)7(5-16)23-11/h2-4,7,9-11,16,18-19H,5H2,1H3,(H,14,20,21)/b3-2+/t7-,9-,10-,11+/m1/s1. The average molecular weight is 328 g/mol. The normalized spacial score (nSPS) is 27.5. The van der Waals surface area contributed by atoms with E-state index in [4.69, 9.17) is 9.84 Å². The number of aromatic amines is 1. The molecule has 1 saturated heterocycles. The Morgan fingerprint density at radius 2 is 2.13 bits per heavy atom. The van der Waals surface area contributed by atoms with Crippen molar-refractivity contribution < 1.29 is 29.6 Å². The smallest absolute Gasteiger partial charge is 0.332 e. The van der Waals surface area contributed by atoms with Crippen molar-refractivity contribution in [1.82, 2.24) is 9.55 Å². The minimum Gasteiger partial charge on any atom is -0.466 e. The minimum absolute atomic E-state index is 0.137. The second-order valence-corrected chi connectivity index (χ2v) is 4.85. The molecule has 126 valence electrons. The molecule has 10 heteroatoms. The summed E-state index contributed by atoms with van der Waals surface area (Å²) in [6.45, 7) is -0.547. The second-order valence-electron chi connectivity index (χ2n) is 4.85. The fourth-order valence-electron chi connectivity index (χ4n) is 2.18. The zero-order valence-electron chi connectivity index (χ0n) is 12.1. The van der Waals surface area contributed by atoms with Gasteiger partial charge in [-0.05, 0) is 0 Å². The van der Waals surface area contributed by atoms with E-state index in [1.54, 1.807) is 0 Å². The Hall–Kier alpha value is -2.27. The molecule has 4 N–H and O–H groups in total. The summed E-state index contributed by atoms with van der Waals surface area (Å²) >= 11 is 0. The van der Waals surface area contributed by atoms with Gasteiger partial charge < -0.3 is 24.8 Å². The van der Waals surface area contributed by atoms with E-state index in [2.05, 4.69) is 4.74 Å². The van der Waals surface area contributed by atoms with Crippen LogP contribution in [0.5, 0.6) is 0 Å². The summed E-state index contributed by atoms with van der Waals surface area (Å²) in [4.78, 5) is 36.7. The number of carbonyl (C=O) groups excluding carboxylic acids is 1. The molecule has 1 aliphatic rings. The highest BCUT2D eigenvalue weighted by atomic mass is 16.6. The van der Waals surface area contributed by atoms with Crippen molar-refractivity contribution in [1.29, 1.82) is 0 Å². The van der Waals surface area contributed by atoms with Gasteiger partial charge in [0.25, 0.3) is 5.56 Å². The van der Waals surface area contributed by atoms with E-state index in [-0.39, 0.29) is 5.56 Å². The van der Waals surface area contributed by atoms with Gasteiger partial charge in [-0.2, -0.15) is 0 Å². The van der Waals surface area contributed by atoms with Gasteiger partial charge in [-0.3, -0.25) is 14.3 Å². The number of hydrogen-bond donors (Lipinski definition) is 4. The number of hydrogen-bond acceptors (Lipinski definition) is 8. The molecule has 0 spiro atoms. The summed E-state index contributed by atoms with van der Waals surface area (Å²) in [5.41, 5.74) is -1.76. The van der Waals surface area contributed by atoms with Crippen LogP contribution in [-0.4, -0.2) is 62.9 Å². The van der Waals surface area contributed by atoms with Gasteiger partial charge in [0, 0.05) is 18.5 Å². The van der Waals surface area contributed by atoms with Crippen LogP contribution < -0.4 is 11.2 Å². The Morgan fingerprint density at radius 3 is 2.70 bits per heavy atom. The number of rotatable bonds is 4. The zero-order chi connectivity index (χ0) is 17.1. The quantitative estimate of drug-likeness (QED) is 0.345. The van der Waals surface area contributed by atoms with Crippen molar-refractivity contribution in [2.45, 2.75) is 24.4 Å². The first-order chi connectivity index (χ1) is 10.9. The number of nitrogens with zero attached hydrogens (tertiary/aromatic N) is 1. The molecule has 0 unspecified atom stereocenters. The van der Waals surface area contributed by atoms with Gasteiger partial charge in [0.05, 0.1) is 19.3 Å². The number of nitrogens with one attached hydrogen (secondary N) is 1. The lowest BCUT2D eigenvalue weighted by molar-refractivity contribution is -0.134. The van der Waals surface area contributed by atoms with E-state index in [1.807, 2.05) is 4.98 Å². The van der Waals surface area contributed by atoms with Crippen molar-refractivity contribution in [2.75, 3.05) is 13.7 Å². The number of esters is 1. The summed E-state index contributed by atoms with van der Waals surface area (Å²) in [5.74, 6) is -0.711. The Labute approximate surface area is 129 Å². The summed E-state index contributed by atoms with van der Waals surface area (Å²) in [5, 5.41) is 28.7. The van der Waals surface area contributed by atoms with Crippen LogP contribution in [0.3, 0.4) is 0 Å². The third-order valence-corrected chi connectivity index (χ3v) is 3.42. The Balaban J connectivity index is 2.40. The Bertz CT molecular complexity index is 721. The van der Waals surface area contributed by atoms with Gasteiger partial charge in [0.2, 0.25) is 0 Å². The lowest BCUT2D eigenvalue weighted by Gasteiger charge is -2.14. The average Bonchev–Trinajstić information content (AvgIpc) is 2.81. The van der Waals surface area contributed by atoms with Crippen molar-refractivity contribution in [3.8, 4) is 0 Å². The van der Waals surface area contributed by atoms with Gasteiger partial charge in [0.1, 0.15) is 24.4 Å². The van der Waals surface area contributed by atoms with E-state index in [9.17, 15) is 24.6 Å². The maximum atomic E-state index is 11.9. The predicted molar refractivity (Wildman–Crippen MR) is 75.4 cm³/mol. The molecular weight excluding hydrogens is 312 g/mol. The molecule has 1 fully saturated rings. The monoisotopic (exact) mass is 328 g/mol. The lowest BCUT2D eigenvalue weighted by atomic mass is 10.0. The molecule has 0 saturated carbocycles. The lowest BCUT2D eigenvalue weighted by Crippen LogP contribution is -2.35. The number of aliphatic hydroxyl groups excluding tert-OH is 3. The molecule has 0 aliphatic carbocycles. The first-order valence-corrected chi connectivity index (χ1v) is 6.63. The van der Waals surface area contributed by atoms with Crippen LogP contribution in [0.2, 0.25) is 0 Å². The largest absolute Gasteiger partial charge is 0.466 e. The second kappa shape index (κ2) is 6.87. The molecular formula is C13H16N2O8. The molecule has 1 aliphatic heterocycles. The zero-order valence-corrected chi connectivity index (χ0v) is 12.1. The van der Waals surface area contributed by atoms with Crippen molar-refractivity contribution >= 4 is 12.2 Å². The minimum atomic E-state index is -1.45. The third kappa shape index (κ3) is 3.40. The third-order valence-electron chi connectivity index (χ3n) is 3.42. The molecule has 10 nitrogen and oxygen atoms in total. The highest BCUT2D eigenvalue weighted by molar-refractivity contribution is 5.84. The van der Waals surface area contributed by atoms with E-state index in [0.717, 1.165) is 30.1 Å². The number of ether oxygens (including phenoxy) is 2. The first kappa shape index (κ1) is 17.1. The van der Waals surface area contributed by atoms with Crippen LogP contribution in [0, 0.1) is 0 Å². The van der Waals surface area contributed by atoms with E-state index >= 15 is 0 Å². The van der Waals surface area contributed by atoms with Crippen molar-refractivity contribution in [2.24, 2.45) is 0 Å². The van der Waals surface area contributed by atoms with E-state index in [1.165, 1.54) is 0 Å². The molecule has 0 bridgehead atoms. The fraction of sp³-hybridized carbons (Fsp3) is 0.462. The highest BCUT2D eigenvalue weighted by Crippen LogP contribution is 2.31. The molecule has 23 heavy (non-hydrogen) atoms. The topological polar surface area (TPSA) is 151 Å². The summed E-state index contributed by atoms with van der Waals surface area (Å²) in [6.07, 6.45) is -2.03. The van der Waals surface area contributed by atoms with Crippen molar-refractivity contribution in [3.63, 3.8) is 0 Å². The van der Waals surface area contributed by atoms with Crippen LogP contribution in [-0.2, 0) is 14.3 Å². The van der Waals surface area contributed by atoms with Gasteiger partial charge in [0.15, 0.2) is 0 Å². The molecule has 0 amide bonds. The van der Waals surface area contributed by atoms with E-state index < -0.39 is 48.2 Å². The molecule has 2 rings (SSSR count). The first-order valence-electron chi connectivity index (χ1n) is 6.63. The van der Waals surface area contributed by atoms with Crippen LogP contribution in [0.25, 0.3) is 6.20 Å². The predicted octanol–water partition coefficient (Wildman–Crippen LogP) is -2.67. The van der Waals surface area contributed by atoms with Crippen LogP contribution in [0.1, 0.15) is 11.7 Å². The molecule has 0 radical (unpaired) electrons. The van der Waals surface area contributed by atoms with Gasteiger partial charge in [-0.25, -0.2) is 9.59 Å². The Morgan fingerprint density at radius 1 is 1.43 bits per heavy atom. The molecule has 0 aromatic carbocycles. The fourth-order valence-corrected chi connectivity index (χ4v) is 2.18. The number of aromatic nitrogens is 2. The van der Waals surface area contributed by atoms with Gasteiger partial charge in [-0.1, -0.05) is 0 Å². The molecule has 1 aromatic rings. The van der Waals surface area contributed by atoms with Crippen LogP contribution in [0.4, 0.5) is 0 Å². The number of carbonyl (C=O) groups is 1. The highest BCUT2D eigenvalue weighted by Gasteiger charge is 2.44. The van der Waals surface area contributed by atoms with Crippen molar-refractivity contribution in [3.05, 3.63) is 38.7 Å². The SMILES string of the molecule is COC(=O)/C=C/n1cc([C@@H]2O[C@H](CO)[C@@H](O)[C@H]2O)c(=O)[nH]c1=O. The summed E-state index contributed by atoms with van der Waals surface area (Å²) in [6, 6.07) is 0. The van der Waals surface area contributed by atoms with Crippen LogP contribution >= 0.6 is 0 Å². The molecule has 1 aromatic heterocycles. The summed E-state index contributed by atoms with van der Waals surface area (Å²) < 4.78 is 10.5. The number of aliphatic hydroxyl groups is 3. The Kier molecular flexibility index (Phi) is 5.11. The van der Waals surface area contributed by atoms with Gasteiger partial charge >= 0.3 is 11.7 Å². The number of methoxy groups -OCH3 is 1. The number of H-pyrrole nitrogens is 1. The van der Waals surface area contributed by atoms with Gasteiger partial charge in [-0.15, -0.1) is 0 Å². The maximum absolute atomic E-state index is 11.9. The molecule has 4 atom stereocenters. The summed E-state index contributed by atoms with van der Waals surface area (Å²) in [7, 11) is 1.16. The van der Waals surface area contributed by atoms with Crippen LogP contribution in [0.15, 0.2) is 21.9 Å². The van der Waals surface area contributed by atoms with E-state index in [0.29, 0.717) is 0 Å².